The Bertz CT molecular complexity index is 364. The van der Waals surface area contributed by atoms with Gasteiger partial charge in [-0.1, -0.05) is 51.7 Å². The molecule has 0 aromatic heterocycles. The zero-order chi connectivity index (χ0) is 14.2. The molecule has 1 N–H and O–H groups in total. The fourth-order valence-electron chi connectivity index (χ4n) is 2.86. The quantitative estimate of drug-likeness (QED) is 0.609. The third kappa shape index (κ3) is 5.16. The summed E-state index contributed by atoms with van der Waals surface area (Å²) in [4.78, 5) is 0. The van der Waals surface area contributed by atoms with Crippen LogP contribution in [0.15, 0.2) is 24.3 Å². The van der Waals surface area contributed by atoms with Gasteiger partial charge in [-0.25, -0.2) is 0 Å². The van der Waals surface area contributed by atoms with Crippen molar-refractivity contribution >= 4 is 0 Å². The van der Waals surface area contributed by atoms with E-state index in [0.717, 1.165) is 18.9 Å². The standard InChI is InChI=1S/C18H29NO/c1-15(2)16-9-11-18(12-10-16)20-14-13-19-17-7-5-3-4-6-8-17/h9-12,15,17,19H,3-8,13-14H2,1-2H3. The summed E-state index contributed by atoms with van der Waals surface area (Å²) in [5.74, 6) is 1.57. The number of nitrogens with one attached hydrogen (secondary N) is 1. The number of hydrogen-bond donors (Lipinski definition) is 1. The number of hydrogen-bond acceptors (Lipinski definition) is 2. The van der Waals surface area contributed by atoms with Gasteiger partial charge >= 0.3 is 0 Å². The van der Waals surface area contributed by atoms with Crippen molar-refractivity contribution in [3.63, 3.8) is 0 Å². The van der Waals surface area contributed by atoms with E-state index in [0.29, 0.717) is 12.0 Å². The second-order valence-corrected chi connectivity index (χ2v) is 6.21. The minimum absolute atomic E-state index is 0.584. The lowest BCUT2D eigenvalue weighted by atomic mass is 10.0. The van der Waals surface area contributed by atoms with Crippen molar-refractivity contribution in [2.45, 2.75) is 64.3 Å². The fourth-order valence-corrected chi connectivity index (χ4v) is 2.86. The Morgan fingerprint density at radius 3 is 2.30 bits per heavy atom. The molecule has 0 saturated heterocycles. The molecule has 0 amide bonds. The van der Waals surface area contributed by atoms with Crippen molar-refractivity contribution in [3.05, 3.63) is 29.8 Å². The Labute approximate surface area is 123 Å². The highest BCUT2D eigenvalue weighted by Crippen LogP contribution is 2.19. The van der Waals surface area contributed by atoms with Gasteiger partial charge in [0, 0.05) is 12.6 Å². The molecule has 2 nitrogen and oxygen atoms in total. The van der Waals surface area contributed by atoms with Gasteiger partial charge in [0.2, 0.25) is 0 Å². The molecule has 1 aromatic carbocycles. The predicted molar refractivity (Wildman–Crippen MR) is 85.5 cm³/mol. The molecule has 0 atom stereocenters. The first kappa shape index (κ1) is 15.4. The van der Waals surface area contributed by atoms with Crippen molar-refractivity contribution in [1.29, 1.82) is 0 Å². The van der Waals surface area contributed by atoms with Crippen LogP contribution < -0.4 is 10.1 Å². The molecule has 1 aliphatic carbocycles. The summed E-state index contributed by atoms with van der Waals surface area (Å²) in [6, 6.07) is 9.21. The molecule has 1 aromatic rings. The van der Waals surface area contributed by atoms with Gasteiger partial charge in [-0.2, -0.15) is 0 Å². The van der Waals surface area contributed by atoms with Gasteiger partial charge in [-0.3, -0.25) is 0 Å². The summed E-state index contributed by atoms with van der Waals surface area (Å²) in [6.07, 6.45) is 8.27. The Kier molecular flexibility index (Phi) is 6.38. The monoisotopic (exact) mass is 275 g/mol. The van der Waals surface area contributed by atoms with Gasteiger partial charge < -0.3 is 10.1 Å². The van der Waals surface area contributed by atoms with Crippen LogP contribution in [0.25, 0.3) is 0 Å². The molecule has 0 spiro atoms. The Balaban J connectivity index is 1.65. The Morgan fingerprint density at radius 2 is 1.70 bits per heavy atom. The zero-order valence-electron chi connectivity index (χ0n) is 13.0. The highest BCUT2D eigenvalue weighted by atomic mass is 16.5. The van der Waals surface area contributed by atoms with Crippen LogP contribution in [0.2, 0.25) is 0 Å². The molecule has 0 radical (unpaired) electrons. The predicted octanol–water partition coefficient (Wildman–Crippen LogP) is 4.50. The van der Waals surface area contributed by atoms with Crippen LogP contribution in [0.3, 0.4) is 0 Å². The lowest BCUT2D eigenvalue weighted by Crippen LogP contribution is -2.32. The molecule has 0 unspecified atom stereocenters. The highest BCUT2D eigenvalue weighted by molar-refractivity contribution is 5.28. The van der Waals surface area contributed by atoms with Crippen LogP contribution in [0.1, 0.15) is 63.9 Å². The zero-order valence-corrected chi connectivity index (χ0v) is 13.0. The molecule has 0 heterocycles. The van der Waals surface area contributed by atoms with E-state index < -0.39 is 0 Å². The van der Waals surface area contributed by atoms with Crippen LogP contribution in [-0.4, -0.2) is 19.2 Å². The third-order valence-corrected chi connectivity index (χ3v) is 4.21. The summed E-state index contributed by atoms with van der Waals surface area (Å²) in [5, 5.41) is 3.64. The fraction of sp³-hybridized carbons (Fsp3) is 0.667. The largest absolute Gasteiger partial charge is 0.492 e. The molecule has 1 fully saturated rings. The van der Waals surface area contributed by atoms with E-state index in [1.165, 1.54) is 44.1 Å². The Hall–Kier alpha value is -1.02. The van der Waals surface area contributed by atoms with Gasteiger partial charge in [0.15, 0.2) is 0 Å². The molecule has 0 aliphatic heterocycles. The van der Waals surface area contributed by atoms with E-state index >= 15 is 0 Å². The minimum atomic E-state index is 0.584. The average molecular weight is 275 g/mol. The minimum Gasteiger partial charge on any atom is -0.492 e. The van der Waals surface area contributed by atoms with E-state index in [1.54, 1.807) is 0 Å². The highest BCUT2D eigenvalue weighted by Gasteiger charge is 2.10. The second-order valence-electron chi connectivity index (χ2n) is 6.21. The topological polar surface area (TPSA) is 21.3 Å². The van der Waals surface area contributed by atoms with Crippen LogP contribution >= 0.6 is 0 Å². The lowest BCUT2D eigenvalue weighted by Gasteiger charge is -2.16. The molecular formula is C18H29NO. The maximum atomic E-state index is 5.80. The summed E-state index contributed by atoms with van der Waals surface area (Å²) in [7, 11) is 0. The average Bonchev–Trinajstić information content (AvgIpc) is 2.73. The van der Waals surface area contributed by atoms with Crippen molar-refractivity contribution < 1.29 is 4.74 Å². The molecule has 112 valence electrons. The first-order valence-corrected chi connectivity index (χ1v) is 8.22. The number of ether oxygens (including phenoxy) is 1. The first-order valence-electron chi connectivity index (χ1n) is 8.22. The normalized spacial score (nSPS) is 17.1. The molecule has 0 bridgehead atoms. The summed E-state index contributed by atoms with van der Waals surface area (Å²) in [5.41, 5.74) is 1.37. The lowest BCUT2D eigenvalue weighted by molar-refractivity contribution is 0.300. The van der Waals surface area contributed by atoms with Crippen molar-refractivity contribution in [1.82, 2.24) is 5.32 Å². The molecule has 20 heavy (non-hydrogen) atoms. The molecule has 1 aliphatic rings. The van der Waals surface area contributed by atoms with E-state index in [9.17, 15) is 0 Å². The van der Waals surface area contributed by atoms with Crippen LogP contribution in [0.5, 0.6) is 5.75 Å². The van der Waals surface area contributed by atoms with Gasteiger partial charge in [0.25, 0.3) is 0 Å². The second kappa shape index (κ2) is 8.31. The van der Waals surface area contributed by atoms with Crippen LogP contribution in [0, 0.1) is 0 Å². The van der Waals surface area contributed by atoms with Gasteiger partial charge in [0.1, 0.15) is 12.4 Å². The van der Waals surface area contributed by atoms with E-state index in [1.807, 2.05) is 0 Å². The SMILES string of the molecule is CC(C)c1ccc(OCCNC2CCCCCC2)cc1. The van der Waals surface area contributed by atoms with Crippen molar-refractivity contribution in [2.24, 2.45) is 0 Å². The number of rotatable bonds is 6. The summed E-state index contributed by atoms with van der Waals surface area (Å²) in [6.45, 7) is 6.15. The third-order valence-electron chi connectivity index (χ3n) is 4.21. The van der Waals surface area contributed by atoms with Gasteiger partial charge in [-0.15, -0.1) is 0 Å². The summed E-state index contributed by atoms with van der Waals surface area (Å²) < 4.78 is 5.80. The first-order chi connectivity index (χ1) is 9.75. The number of benzene rings is 1. The maximum absolute atomic E-state index is 5.80. The van der Waals surface area contributed by atoms with Gasteiger partial charge in [-0.05, 0) is 36.5 Å². The Morgan fingerprint density at radius 1 is 1.05 bits per heavy atom. The smallest absolute Gasteiger partial charge is 0.119 e. The van der Waals surface area contributed by atoms with Crippen LogP contribution in [-0.2, 0) is 0 Å². The van der Waals surface area contributed by atoms with E-state index in [-0.39, 0.29) is 0 Å². The molecule has 2 heteroatoms. The van der Waals surface area contributed by atoms with E-state index in [4.69, 9.17) is 4.74 Å². The van der Waals surface area contributed by atoms with Gasteiger partial charge in [0.05, 0.1) is 0 Å². The molecular weight excluding hydrogens is 246 g/mol. The maximum Gasteiger partial charge on any atom is 0.119 e. The molecule has 1 saturated carbocycles. The molecule has 2 rings (SSSR count). The van der Waals surface area contributed by atoms with Crippen molar-refractivity contribution in [2.75, 3.05) is 13.2 Å². The van der Waals surface area contributed by atoms with E-state index in [2.05, 4.69) is 43.4 Å². The van der Waals surface area contributed by atoms with Crippen LogP contribution in [0.4, 0.5) is 0 Å². The summed E-state index contributed by atoms with van der Waals surface area (Å²) >= 11 is 0. The van der Waals surface area contributed by atoms with Crippen molar-refractivity contribution in [3.8, 4) is 5.75 Å².